The van der Waals surface area contributed by atoms with Gasteiger partial charge >= 0.3 is 0 Å². The summed E-state index contributed by atoms with van der Waals surface area (Å²) in [5.41, 5.74) is 2.91. The Morgan fingerprint density at radius 3 is 2.57 bits per heavy atom. The van der Waals surface area contributed by atoms with Crippen LogP contribution in [0.2, 0.25) is 0 Å². The van der Waals surface area contributed by atoms with E-state index >= 15 is 0 Å². The largest absolute Gasteiger partial charge is 0.390 e. The highest BCUT2D eigenvalue weighted by atomic mass is 35.5. The Morgan fingerprint density at radius 1 is 1.07 bits per heavy atom. The van der Waals surface area contributed by atoms with Crippen LogP contribution in [-0.2, 0) is 5.41 Å². The van der Waals surface area contributed by atoms with Crippen LogP contribution in [0.4, 0.5) is 4.39 Å². The molecule has 2 aliphatic rings. The molecule has 0 saturated carbocycles. The molecule has 3 aromatic rings. The van der Waals surface area contributed by atoms with E-state index in [1.807, 2.05) is 12.1 Å². The molecule has 0 bridgehead atoms. The van der Waals surface area contributed by atoms with Crippen LogP contribution in [0.5, 0.6) is 0 Å². The highest BCUT2D eigenvalue weighted by molar-refractivity contribution is 5.85. The Labute approximate surface area is 169 Å². The standard InChI is InChI=1S/C21H21FN4O.ClH/c22-17-8-4-2-6-15(17)18-13-26(25-24-18)19-14-5-1-3-7-16(14)21(20(19)27)9-11-23-12-10-21;/h1-8,13,19-20,23,27H,9-12H2;1H/t19-,20+;/m1./s1. The number of rotatable bonds is 2. The lowest BCUT2D eigenvalue weighted by Gasteiger charge is -2.38. The van der Waals surface area contributed by atoms with E-state index in [1.54, 1.807) is 29.1 Å². The normalized spacial score (nSPS) is 22.6. The molecule has 1 fully saturated rings. The third-order valence-corrected chi connectivity index (χ3v) is 6.12. The molecule has 28 heavy (non-hydrogen) atoms. The average molecular weight is 401 g/mol. The monoisotopic (exact) mass is 400 g/mol. The lowest BCUT2D eigenvalue weighted by molar-refractivity contribution is 0.0421. The van der Waals surface area contributed by atoms with Crippen molar-refractivity contribution in [1.29, 1.82) is 0 Å². The predicted molar refractivity (Wildman–Crippen MR) is 107 cm³/mol. The van der Waals surface area contributed by atoms with Gasteiger partial charge in [-0.3, -0.25) is 0 Å². The molecule has 146 valence electrons. The average Bonchev–Trinajstić information content (AvgIpc) is 3.26. The van der Waals surface area contributed by atoms with Gasteiger partial charge in [-0.15, -0.1) is 17.5 Å². The third-order valence-electron chi connectivity index (χ3n) is 6.12. The number of aliphatic hydroxyl groups excluding tert-OH is 1. The second-order valence-electron chi connectivity index (χ2n) is 7.45. The van der Waals surface area contributed by atoms with Crippen molar-refractivity contribution in [2.75, 3.05) is 13.1 Å². The van der Waals surface area contributed by atoms with Crippen molar-refractivity contribution in [1.82, 2.24) is 20.3 Å². The van der Waals surface area contributed by atoms with Crippen LogP contribution in [0.1, 0.15) is 30.0 Å². The van der Waals surface area contributed by atoms with Gasteiger partial charge in [-0.05, 0) is 49.2 Å². The summed E-state index contributed by atoms with van der Waals surface area (Å²) in [6.45, 7) is 1.77. The van der Waals surface area contributed by atoms with Gasteiger partial charge in [0.25, 0.3) is 0 Å². The van der Waals surface area contributed by atoms with E-state index < -0.39 is 6.10 Å². The first-order valence-corrected chi connectivity index (χ1v) is 9.36. The van der Waals surface area contributed by atoms with Crippen molar-refractivity contribution in [3.63, 3.8) is 0 Å². The van der Waals surface area contributed by atoms with Crippen molar-refractivity contribution in [2.24, 2.45) is 0 Å². The van der Waals surface area contributed by atoms with Crippen LogP contribution in [-0.4, -0.2) is 39.3 Å². The Balaban J connectivity index is 0.00000192. The van der Waals surface area contributed by atoms with Gasteiger partial charge in [0, 0.05) is 11.0 Å². The highest BCUT2D eigenvalue weighted by Crippen LogP contribution is 2.51. The molecule has 2 atom stereocenters. The Bertz CT molecular complexity index is 986. The number of nitrogens with one attached hydrogen (secondary N) is 1. The molecular weight excluding hydrogens is 379 g/mol. The molecule has 0 amide bonds. The van der Waals surface area contributed by atoms with Crippen molar-refractivity contribution >= 4 is 12.4 Å². The molecule has 1 aromatic heterocycles. The first-order chi connectivity index (χ1) is 13.2. The number of nitrogens with zero attached hydrogens (tertiary/aromatic N) is 3. The minimum Gasteiger partial charge on any atom is -0.390 e. The zero-order chi connectivity index (χ0) is 18.4. The Hall–Kier alpha value is -2.28. The van der Waals surface area contributed by atoms with E-state index in [9.17, 15) is 9.50 Å². The fourth-order valence-electron chi connectivity index (χ4n) is 4.77. The van der Waals surface area contributed by atoms with Crippen LogP contribution in [0, 0.1) is 5.82 Å². The van der Waals surface area contributed by atoms with E-state index in [4.69, 9.17) is 0 Å². The van der Waals surface area contributed by atoms with E-state index in [0.29, 0.717) is 11.3 Å². The van der Waals surface area contributed by atoms with Gasteiger partial charge in [0.15, 0.2) is 0 Å². The first kappa shape index (κ1) is 19.1. The molecule has 1 aliphatic heterocycles. The molecule has 1 spiro atoms. The topological polar surface area (TPSA) is 63.0 Å². The smallest absolute Gasteiger partial charge is 0.132 e. The van der Waals surface area contributed by atoms with Gasteiger partial charge < -0.3 is 10.4 Å². The Kier molecular flexibility index (Phi) is 4.95. The fourth-order valence-corrected chi connectivity index (χ4v) is 4.77. The first-order valence-electron chi connectivity index (χ1n) is 9.36. The van der Waals surface area contributed by atoms with E-state index in [2.05, 4.69) is 27.8 Å². The summed E-state index contributed by atoms with van der Waals surface area (Å²) in [6, 6.07) is 14.4. The minimum atomic E-state index is -0.591. The summed E-state index contributed by atoms with van der Waals surface area (Å²) in [4.78, 5) is 0. The summed E-state index contributed by atoms with van der Waals surface area (Å²) in [5, 5.41) is 23.2. The van der Waals surface area contributed by atoms with Gasteiger partial charge in [0.1, 0.15) is 17.6 Å². The van der Waals surface area contributed by atoms with Crippen LogP contribution in [0.3, 0.4) is 0 Å². The lowest BCUT2D eigenvalue weighted by Crippen LogP contribution is -2.47. The molecule has 2 heterocycles. The quantitative estimate of drug-likeness (QED) is 0.694. The number of hydrogen-bond donors (Lipinski definition) is 2. The minimum absolute atomic E-state index is 0. The maximum absolute atomic E-state index is 14.1. The summed E-state index contributed by atoms with van der Waals surface area (Å²) in [7, 11) is 0. The number of benzene rings is 2. The molecular formula is C21H22ClFN4O. The van der Waals surface area contributed by atoms with Crippen LogP contribution >= 0.6 is 12.4 Å². The molecule has 1 aliphatic carbocycles. The second kappa shape index (κ2) is 7.28. The number of fused-ring (bicyclic) bond motifs is 2. The van der Waals surface area contributed by atoms with E-state index in [1.165, 1.54) is 11.6 Å². The Morgan fingerprint density at radius 2 is 1.79 bits per heavy atom. The number of aromatic nitrogens is 3. The summed E-state index contributed by atoms with van der Waals surface area (Å²) < 4.78 is 15.8. The maximum Gasteiger partial charge on any atom is 0.132 e. The molecule has 2 N–H and O–H groups in total. The molecule has 1 saturated heterocycles. The molecule has 2 aromatic carbocycles. The highest BCUT2D eigenvalue weighted by Gasteiger charge is 2.52. The van der Waals surface area contributed by atoms with Gasteiger partial charge in [-0.2, -0.15) is 0 Å². The number of piperidine rings is 1. The van der Waals surface area contributed by atoms with E-state index in [-0.39, 0.29) is 29.7 Å². The fraction of sp³-hybridized carbons (Fsp3) is 0.333. The zero-order valence-electron chi connectivity index (χ0n) is 15.3. The zero-order valence-corrected chi connectivity index (χ0v) is 16.1. The van der Waals surface area contributed by atoms with Crippen LogP contribution in [0.15, 0.2) is 54.7 Å². The van der Waals surface area contributed by atoms with Gasteiger partial charge in [0.2, 0.25) is 0 Å². The molecule has 7 heteroatoms. The van der Waals surface area contributed by atoms with Crippen LogP contribution in [0.25, 0.3) is 11.3 Å². The maximum atomic E-state index is 14.1. The van der Waals surface area contributed by atoms with Crippen LogP contribution < -0.4 is 5.32 Å². The number of hydrogen-bond acceptors (Lipinski definition) is 4. The molecule has 5 nitrogen and oxygen atoms in total. The van der Waals surface area contributed by atoms with Gasteiger partial charge in [-0.1, -0.05) is 41.6 Å². The molecule has 0 unspecified atom stereocenters. The van der Waals surface area contributed by atoms with Gasteiger partial charge in [-0.25, -0.2) is 9.07 Å². The molecule has 0 radical (unpaired) electrons. The number of halogens is 2. The van der Waals surface area contributed by atoms with Crippen molar-refractivity contribution in [3.05, 3.63) is 71.7 Å². The van der Waals surface area contributed by atoms with Crippen molar-refractivity contribution < 1.29 is 9.50 Å². The second-order valence-corrected chi connectivity index (χ2v) is 7.45. The number of aliphatic hydroxyl groups is 1. The summed E-state index contributed by atoms with van der Waals surface area (Å²) in [5.74, 6) is -0.327. The summed E-state index contributed by atoms with van der Waals surface area (Å²) in [6.07, 6.45) is 2.92. The molecule has 5 rings (SSSR count). The predicted octanol–water partition coefficient (Wildman–Crippen LogP) is 3.09. The third kappa shape index (κ3) is 2.75. The summed E-state index contributed by atoms with van der Waals surface area (Å²) >= 11 is 0. The lowest BCUT2D eigenvalue weighted by atomic mass is 9.72. The van der Waals surface area contributed by atoms with E-state index in [0.717, 1.165) is 31.5 Å². The SMILES string of the molecule is Cl.O[C@H]1[C@H](n2cc(-c3ccccc3F)nn2)c2ccccc2C12CCNCC2. The van der Waals surface area contributed by atoms with Crippen molar-refractivity contribution in [2.45, 2.75) is 30.4 Å². The van der Waals surface area contributed by atoms with Gasteiger partial charge in [0.05, 0.1) is 12.3 Å². The van der Waals surface area contributed by atoms with Crippen molar-refractivity contribution in [3.8, 4) is 11.3 Å².